The van der Waals surface area contributed by atoms with Gasteiger partial charge in [-0.2, -0.15) is 0 Å². The summed E-state index contributed by atoms with van der Waals surface area (Å²) in [6.07, 6.45) is 0. The van der Waals surface area contributed by atoms with Crippen LogP contribution in [0.15, 0.2) is 22.7 Å². The Hall–Kier alpha value is -1.43. The number of nitrogens with one attached hydrogen (secondary N) is 1. The second kappa shape index (κ2) is 7.23. The SMILES string of the molecule is CCN(CC)C(=O)CNC(=O)c1ccc(F)cc1Br. The van der Waals surface area contributed by atoms with Crippen molar-refractivity contribution in [1.29, 1.82) is 0 Å². The quantitative estimate of drug-likeness (QED) is 0.899. The van der Waals surface area contributed by atoms with Gasteiger partial charge in [0.2, 0.25) is 5.91 Å². The van der Waals surface area contributed by atoms with Crippen LogP contribution in [0.5, 0.6) is 0 Å². The van der Waals surface area contributed by atoms with Crippen LogP contribution in [0.4, 0.5) is 4.39 Å². The number of amides is 2. The average Bonchev–Trinajstić information content (AvgIpc) is 2.37. The van der Waals surface area contributed by atoms with Crippen molar-refractivity contribution in [2.45, 2.75) is 13.8 Å². The summed E-state index contributed by atoms with van der Waals surface area (Å²) in [6, 6.07) is 3.78. The maximum absolute atomic E-state index is 12.9. The fraction of sp³-hybridized carbons (Fsp3) is 0.385. The first-order valence-corrected chi connectivity index (χ1v) is 6.79. The van der Waals surface area contributed by atoms with Crippen molar-refractivity contribution in [2.24, 2.45) is 0 Å². The Morgan fingerprint density at radius 2 is 1.95 bits per heavy atom. The average molecular weight is 331 g/mol. The lowest BCUT2D eigenvalue weighted by Crippen LogP contribution is -2.40. The van der Waals surface area contributed by atoms with Gasteiger partial charge in [0.15, 0.2) is 0 Å². The van der Waals surface area contributed by atoms with Crippen molar-refractivity contribution in [3.05, 3.63) is 34.1 Å². The van der Waals surface area contributed by atoms with Gasteiger partial charge >= 0.3 is 0 Å². The number of nitrogens with zero attached hydrogens (tertiary/aromatic N) is 1. The van der Waals surface area contributed by atoms with E-state index in [0.717, 1.165) is 0 Å². The number of likely N-dealkylation sites (N-methyl/N-ethyl adjacent to an activating group) is 1. The zero-order valence-electron chi connectivity index (χ0n) is 10.9. The van der Waals surface area contributed by atoms with Gasteiger partial charge in [0.05, 0.1) is 12.1 Å². The molecule has 2 amide bonds. The van der Waals surface area contributed by atoms with Gasteiger partial charge in [-0.15, -0.1) is 0 Å². The Balaban J connectivity index is 2.63. The zero-order chi connectivity index (χ0) is 14.4. The van der Waals surface area contributed by atoms with E-state index in [9.17, 15) is 14.0 Å². The third kappa shape index (κ3) is 4.31. The van der Waals surface area contributed by atoms with Crippen LogP contribution in [0.2, 0.25) is 0 Å². The van der Waals surface area contributed by atoms with E-state index in [0.29, 0.717) is 23.1 Å². The van der Waals surface area contributed by atoms with E-state index < -0.39 is 11.7 Å². The Morgan fingerprint density at radius 3 is 2.47 bits per heavy atom. The molecule has 0 unspecified atom stereocenters. The molecule has 1 aromatic carbocycles. The van der Waals surface area contributed by atoms with Crippen molar-refractivity contribution in [3.8, 4) is 0 Å². The van der Waals surface area contributed by atoms with Crippen LogP contribution in [0.1, 0.15) is 24.2 Å². The smallest absolute Gasteiger partial charge is 0.252 e. The van der Waals surface area contributed by atoms with Crippen LogP contribution in [0, 0.1) is 5.82 Å². The first-order valence-electron chi connectivity index (χ1n) is 6.00. The minimum atomic E-state index is -0.428. The van der Waals surface area contributed by atoms with Gasteiger partial charge in [0.25, 0.3) is 5.91 Å². The molecule has 4 nitrogen and oxygen atoms in total. The van der Waals surface area contributed by atoms with Crippen LogP contribution in [0.3, 0.4) is 0 Å². The number of hydrogen-bond acceptors (Lipinski definition) is 2. The van der Waals surface area contributed by atoms with Crippen molar-refractivity contribution >= 4 is 27.7 Å². The minimum Gasteiger partial charge on any atom is -0.343 e. The second-order valence-corrected chi connectivity index (χ2v) is 4.73. The van der Waals surface area contributed by atoms with Crippen molar-refractivity contribution < 1.29 is 14.0 Å². The molecule has 0 fully saturated rings. The van der Waals surface area contributed by atoms with Gasteiger partial charge in [-0.1, -0.05) is 0 Å². The van der Waals surface area contributed by atoms with E-state index in [4.69, 9.17) is 0 Å². The van der Waals surface area contributed by atoms with Crippen molar-refractivity contribution in [2.75, 3.05) is 19.6 Å². The van der Waals surface area contributed by atoms with E-state index in [1.165, 1.54) is 18.2 Å². The summed E-state index contributed by atoms with van der Waals surface area (Å²) in [5.74, 6) is -0.980. The molecule has 0 spiro atoms. The summed E-state index contributed by atoms with van der Waals surface area (Å²) in [5, 5.41) is 2.53. The third-order valence-corrected chi connectivity index (χ3v) is 3.35. The first kappa shape index (κ1) is 15.6. The first-order chi connectivity index (χ1) is 8.99. The monoisotopic (exact) mass is 330 g/mol. The molecule has 0 atom stereocenters. The predicted octanol–water partition coefficient (Wildman–Crippen LogP) is 2.19. The van der Waals surface area contributed by atoms with Crippen LogP contribution < -0.4 is 5.32 Å². The summed E-state index contributed by atoms with van der Waals surface area (Å²) in [4.78, 5) is 25.2. The van der Waals surface area contributed by atoms with Crippen LogP contribution in [0.25, 0.3) is 0 Å². The predicted molar refractivity (Wildman–Crippen MR) is 74.4 cm³/mol. The topological polar surface area (TPSA) is 49.4 Å². The zero-order valence-corrected chi connectivity index (χ0v) is 12.5. The van der Waals surface area contributed by atoms with Gasteiger partial charge in [0, 0.05) is 17.6 Å². The molecular weight excluding hydrogens is 315 g/mol. The molecule has 104 valence electrons. The molecule has 0 aliphatic carbocycles. The Bertz CT molecular complexity index is 476. The molecular formula is C13H16BrFN2O2. The van der Waals surface area contributed by atoms with E-state index >= 15 is 0 Å². The van der Waals surface area contributed by atoms with E-state index in [1.807, 2.05) is 13.8 Å². The maximum Gasteiger partial charge on any atom is 0.252 e. The number of rotatable bonds is 5. The summed E-state index contributed by atoms with van der Waals surface area (Å²) >= 11 is 3.11. The summed E-state index contributed by atoms with van der Waals surface area (Å²) < 4.78 is 13.3. The molecule has 0 bridgehead atoms. The highest BCUT2D eigenvalue weighted by atomic mass is 79.9. The molecule has 1 aromatic rings. The summed E-state index contributed by atoms with van der Waals surface area (Å²) in [7, 11) is 0. The number of halogens is 2. The normalized spacial score (nSPS) is 10.1. The number of hydrogen-bond donors (Lipinski definition) is 1. The summed E-state index contributed by atoms with van der Waals surface area (Å²) in [5.41, 5.74) is 0.300. The molecule has 0 saturated carbocycles. The third-order valence-electron chi connectivity index (χ3n) is 2.69. The minimum absolute atomic E-state index is 0.0651. The highest BCUT2D eigenvalue weighted by Crippen LogP contribution is 2.17. The molecule has 1 N–H and O–H groups in total. The van der Waals surface area contributed by atoms with Crippen molar-refractivity contribution in [1.82, 2.24) is 10.2 Å². The molecule has 0 aliphatic rings. The standard InChI is InChI=1S/C13H16BrFN2O2/c1-3-17(4-2)12(18)8-16-13(19)10-6-5-9(15)7-11(10)14/h5-7H,3-4,8H2,1-2H3,(H,16,19). The van der Waals surface area contributed by atoms with Crippen molar-refractivity contribution in [3.63, 3.8) is 0 Å². The second-order valence-electron chi connectivity index (χ2n) is 3.87. The van der Waals surface area contributed by atoms with Gasteiger partial charge in [-0.05, 0) is 48.0 Å². The number of carbonyl (C=O) groups is 2. The maximum atomic E-state index is 12.9. The lowest BCUT2D eigenvalue weighted by molar-refractivity contribution is -0.129. The molecule has 0 heterocycles. The lowest BCUT2D eigenvalue weighted by atomic mass is 10.2. The highest BCUT2D eigenvalue weighted by molar-refractivity contribution is 9.10. The van der Waals surface area contributed by atoms with Gasteiger partial charge < -0.3 is 10.2 Å². The molecule has 19 heavy (non-hydrogen) atoms. The van der Waals surface area contributed by atoms with E-state index in [2.05, 4.69) is 21.2 Å². The number of benzene rings is 1. The van der Waals surface area contributed by atoms with Gasteiger partial charge in [0.1, 0.15) is 5.82 Å². The van der Waals surface area contributed by atoms with Gasteiger partial charge in [-0.3, -0.25) is 9.59 Å². The Morgan fingerprint density at radius 1 is 1.32 bits per heavy atom. The molecule has 0 aliphatic heterocycles. The number of carbonyl (C=O) groups excluding carboxylic acids is 2. The molecule has 0 aromatic heterocycles. The summed E-state index contributed by atoms with van der Waals surface area (Å²) in [6.45, 7) is 4.89. The van der Waals surface area contributed by atoms with E-state index in [1.54, 1.807) is 4.90 Å². The lowest BCUT2D eigenvalue weighted by Gasteiger charge is -2.18. The largest absolute Gasteiger partial charge is 0.343 e. The fourth-order valence-electron chi connectivity index (χ4n) is 1.61. The van der Waals surface area contributed by atoms with Crippen LogP contribution >= 0.6 is 15.9 Å². The Labute approximate surface area is 120 Å². The van der Waals surface area contributed by atoms with Gasteiger partial charge in [-0.25, -0.2) is 4.39 Å². The highest BCUT2D eigenvalue weighted by Gasteiger charge is 2.14. The molecule has 1 rings (SSSR count). The Kier molecular flexibility index (Phi) is 5.95. The molecule has 0 saturated heterocycles. The van der Waals surface area contributed by atoms with E-state index in [-0.39, 0.29) is 12.5 Å². The van der Waals surface area contributed by atoms with Crippen LogP contribution in [-0.2, 0) is 4.79 Å². The van der Waals surface area contributed by atoms with Crippen LogP contribution in [-0.4, -0.2) is 36.3 Å². The molecule has 6 heteroatoms. The molecule has 0 radical (unpaired) electrons. The fourth-order valence-corrected chi connectivity index (χ4v) is 2.14.